The summed E-state index contributed by atoms with van der Waals surface area (Å²) in [5.74, 6) is 0.221. The van der Waals surface area contributed by atoms with E-state index in [1.54, 1.807) is 4.90 Å². The number of rotatable bonds is 10. The molecule has 0 aliphatic rings. The smallest absolute Gasteiger partial charge is 0.261 e. The Balaban J connectivity index is 1.91. The summed E-state index contributed by atoms with van der Waals surface area (Å²) in [7, 11) is 0. The van der Waals surface area contributed by atoms with Gasteiger partial charge in [-0.15, -0.1) is 0 Å². The van der Waals surface area contributed by atoms with Gasteiger partial charge in [-0.3, -0.25) is 9.59 Å². The zero-order chi connectivity index (χ0) is 25.4. The molecule has 0 aromatic heterocycles. The predicted molar refractivity (Wildman–Crippen MR) is 143 cm³/mol. The van der Waals surface area contributed by atoms with Crippen LogP contribution in [0.1, 0.15) is 36.1 Å². The van der Waals surface area contributed by atoms with Crippen molar-refractivity contribution >= 4 is 27.7 Å². The molecular weight excluding hydrogens is 504 g/mol. The van der Waals surface area contributed by atoms with Gasteiger partial charge in [0.1, 0.15) is 11.8 Å². The second-order valence-electron chi connectivity index (χ2n) is 9.13. The molecule has 0 fully saturated rings. The topological polar surface area (TPSA) is 58.6 Å². The zero-order valence-corrected chi connectivity index (χ0v) is 22.3. The lowest BCUT2D eigenvalue weighted by Gasteiger charge is -2.32. The Morgan fingerprint density at radius 1 is 0.914 bits per heavy atom. The van der Waals surface area contributed by atoms with Crippen molar-refractivity contribution in [1.82, 2.24) is 10.2 Å². The molecule has 0 saturated carbocycles. The summed E-state index contributed by atoms with van der Waals surface area (Å²) in [5, 5.41) is 3.00. The summed E-state index contributed by atoms with van der Waals surface area (Å²) in [6.07, 6.45) is 0.408. The second kappa shape index (κ2) is 12.5. The molecule has 0 aliphatic heterocycles. The minimum absolute atomic E-state index is 0.0445. The molecule has 6 heteroatoms. The van der Waals surface area contributed by atoms with Crippen molar-refractivity contribution < 1.29 is 14.3 Å². The van der Waals surface area contributed by atoms with E-state index in [0.717, 1.165) is 26.7 Å². The lowest BCUT2D eigenvalue weighted by Crippen LogP contribution is -2.52. The molecule has 1 atom stereocenters. The van der Waals surface area contributed by atoms with Gasteiger partial charge in [-0.25, -0.2) is 0 Å². The largest absolute Gasteiger partial charge is 0.484 e. The van der Waals surface area contributed by atoms with E-state index in [-0.39, 0.29) is 24.5 Å². The van der Waals surface area contributed by atoms with Crippen molar-refractivity contribution in [3.8, 4) is 5.75 Å². The van der Waals surface area contributed by atoms with Crippen LogP contribution in [0.5, 0.6) is 5.75 Å². The Bertz CT molecular complexity index is 1110. The first-order valence-corrected chi connectivity index (χ1v) is 12.6. The highest BCUT2D eigenvalue weighted by molar-refractivity contribution is 9.10. The molecule has 35 heavy (non-hydrogen) atoms. The van der Waals surface area contributed by atoms with Crippen molar-refractivity contribution in [2.45, 2.75) is 52.7 Å². The summed E-state index contributed by atoms with van der Waals surface area (Å²) in [4.78, 5) is 28.6. The number of benzene rings is 3. The first-order chi connectivity index (χ1) is 16.7. The molecule has 3 aromatic rings. The Labute approximate surface area is 216 Å². The third kappa shape index (κ3) is 8.25. The molecule has 0 saturated heterocycles. The van der Waals surface area contributed by atoms with Crippen LogP contribution in [0.25, 0.3) is 0 Å². The first kappa shape index (κ1) is 26.5. The number of nitrogens with one attached hydrogen (secondary N) is 1. The van der Waals surface area contributed by atoms with Gasteiger partial charge in [0.15, 0.2) is 6.61 Å². The number of hydrogen-bond acceptors (Lipinski definition) is 3. The quantitative estimate of drug-likeness (QED) is 0.366. The SMILES string of the molecule is Cc1cc(C)cc(OCC(=O)N(Cc2ccc(Br)cc2)C(Cc2ccccc2)C(=O)NC(C)C)c1. The van der Waals surface area contributed by atoms with Crippen LogP contribution in [0.3, 0.4) is 0 Å². The van der Waals surface area contributed by atoms with Crippen LogP contribution in [-0.2, 0) is 22.6 Å². The van der Waals surface area contributed by atoms with E-state index in [0.29, 0.717) is 18.7 Å². The van der Waals surface area contributed by atoms with E-state index in [1.165, 1.54) is 0 Å². The van der Waals surface area contributed by atoms with E-state index in [1.807, 2.05) is 94.4 Å². The number of hydrogen-bond donors (Lipinski definition) is 1. The van der Waals surface area contributed by atoms with Gasteiger partial charge >= 0.3 is 0 Å². The zero-order valence-electron chi connectivity index (χ0n) is 20.8. The molecule has 3 rings (SSSR count). The van der Waals surface area contributed by atoms with Gasteiger partial charge in [-0.1, -0.05) is 64.5 Å². The molecule has 1 unspecified atom stereocenters. The fourth-order valence-corrected chi connectivity index (χ4v) is 4.23. The summed E-state index contributed by atoms with van der Waals surface area (Å²) >= 11 is 3.46. The van der Waals surface area contributed by atoms with Crippen LogP contribution in [0.4, 0.5) is 0 Å². The van der Waals surface area contributed by atoms with Gasteiger partial charge in [-0.05, 0) is 74.2 Å². The van der Waals surface area contributed by atoms with E-state index in [4.69, 9.17) is 4.74 Å². The van der Waals surface area contributed by atoms with Crippen molar-refractivity contribution in [3.63, 3.8) is 0 Å². The average Bonchev–Trinajstić information content (AvgIpc) is 2.80. The van der Waals surface area contributed by atoms with Gasteiger partial charge in [0, 0.05) is 23.5 Å². The summed E-state index contributed by atoms with van der Waals surface area (Å²) in [6.45, 7) is 7.97. The molecule has 0 heterocycles. The monoisotopic (exact) mass is 536 g/mol. The van der Waals surface area contributed by atoms with Gasteiger partial charge < -0.3 is 15.0 Å². The molecule has 184 valence electrons. The Kier molecular flexibility index (Phi) is 9.49. The molecule has 1 N–H and O–H groups in total. The number of nitrogens with zero attached hydrogens (tertiary/aromatic N) is 1. The van der Waals surface area contributed by atoms with Crippen LogP contribution in [0.2, 0.25) is 0 Å². The maximum Gasteiger partial charge on any atom is 0.261 e. The first-order valence-electron chi connectivity index (χ1n) is 11.8. The molecule has 0 aliphatic carbocycles. The fourth-order valence-electron chi connectivity index (χ4n) is 3.97. The number of carbonyl (C=O) groups is 2. The molecular formula is C29H33BrN2O3. The summed E-state index contributed by atoms with van der Waals surface area (Å²) in [6, 6.07) is 22.7. The fraction of sp³-hybridized carbons (Fsp3) is 0.310. The van der Waals surface area contributed by atoms with Crippen LogP contribution >= 0.6 is 15.9 Å². The minimum Gasteiger partial charge on any atom is -0.484 e. The molecule has 3 aromatic carbocycles. The van der Waals surface area contributed by atoms with Crippen molar-refractivity contribution in [3.05, 3.63) is 99.5 Å². The van der Waals surface area contributed by atoms with Crippen LogP contribution in [0.15, 0.2) is 77.3 Å². The van der Waals surface area contributed by atoms with E-state index >= 15 is 0 Å². The normalized spacial score (nSPS) is 11.7. The molecule has 2 amide bonds. The van der Waals surface area contributed by atoms with Crippen molar-refractivity contribution in [2.75, 3.05) is 6.61 Å². The summed E-state index contributed by atoms with van der Waals surface area (Å²) in [5.41, 5.74) is 4.05. The lowest BCUT2D eigenvalue weighted by molar-refractivity contribution is -0.143. The van der Waals surface area contributed by atoms with Gasteiger partial charge in [0.25, 0.3) is 5.91 Å². The minimum atomic E-state index is -0.682. The predicted octanol–water partition coefficient (Wildman–Crippen LogP) is 5.61. The summed E-state index contributed by atoms with van der Waals surface area (Å²) < 4.78 is 6.85. The lowest BCUT2D eigenvalue weighted by atomic mass is 10.0. The van der Waals surface area contributed by atoms with Gasteiger partial charge in [-0.2, -0.15) is 0 Å². The maximum absolute atomic E-state index is 13.6. The molecule has 0 bridgehead atoms. The highest BCUT2D eigenvalue weighted by Crippen LogP contribution is 2.19. The highest BCUT2D eigenvalue weighted by atomic mass is 79.9. The molecule has 0 spiro atoms. The number of aryl methyl sites for hydroxylation is 2. The number of ether oxygens (including phenoxy) is 1. The third-order valence-electron chi connectivity index (χ3n) is 5.53. The molecule has 5 nitrogen and oxygen atoms in total. The Hall–Kier alpha value is -3.12. The van der Waals surface area contributed by atoms with Crippen LogP contribution in [0, 0.1) is 13.8 Å². The van der Waals surface area contributed by atoms with Gasteiger partial charge in [0.05, 0.1) is 0 Å². The average molecular weight is 537 g/mol. The van der Waals surface area contributed by atoms with E-state index in [9.17, 15) is 9.59 Å². The second-order valence-corrected chi connectivity index (χ2v) is 10.0. The Morgan fingerprint density at radius 2 is 1.54 bits per heavy atom. The number of halogens is 1. The number of carbonyl (C=O) groups excluding carboxylic acids is 2. The highest BCUT2D eigenvalue weighted by Gasteiger charge is 2.31. The van der Waals surface area contributed by atoms with Gasteiger partial charge in [0.2, 0.25) is 5.91 Å². The Morgan fingerprint density at radius 3 is 2.14 bits per heavy atom. The van der Waals surface area contributed by atoms with E-state index in [2.05, 4.69) is 27.3 Å². The third-order valence-corrected chi connectivity index (χ3v) is 6.05. The maximum atomic E-state index is 13.6. The van der Waals surface area contributed by atoms with Crippen LogP contribution < -0.4 is 10.1 Å². The standard InChI is InChI=1S/C29H33BrN2O3/c1-20(2)31-29(34)27(17-23-8-6-5-7-9-23)32(18-24-10-12-25(30)13-11-24)28(33)19-35-26-15-21(3)14-22(4)16-26/h5-16,20,27H,17-19H2,1-4H3,(H,31,34). The van der Waals surface area contributed by atoms with Crippen LogP contribution in [-0.4, -0.2) is 35.4 Å². The molecule has 0 radical (unpaired) electrons. The van der Waals surface area contributed by atoms with Crippen molar-refractivity contribution in [1.29, 1.82) is 0 Å². The van der Waals surface area contributed by atoms with Crippen molar-refractivity contribution in [2.24, 2.45) is 0 Å². The van der Waals surface area contributed by atoms with E-state index < -0.39 is 6.04 Å². The number of amides is 2.